The summed E-state index contributed by atoms with van der Waals surface area (Å²) < 4.78 is 13.4. The summed E-state index contributed by atoms with van der Waals surface area (Å²) in [4.78, 5) is 0. The van der Waals surface area contributed by atoms with Crippen molar-refractivity contribution in [3.8, 4) is 0 Å². The van der Waals surface area contributed by atoms with E-state index in [1.807, 2.05) is 0 Å². The summed E-state index contributed by atoms with van der Waals surface area (Å²) in [5, 5.41) is 12.2. The van der Waals surface area contributed by atoms with Crippen molar-refractivity contribution in [3.05, 3.63) is 11.6 Å². The van der Waals surface area contributed by atoms with Gasteiger partial charge in [-0.05, 0) is 5.92 Å². The number of rotatable bonds is 2. The van der Waals surface area contributed by atoms with E-state index in [1.165, 1.54) is 0 Å². The molecular formula is C12H20N4O2. The Balaban J connectivity index is 1.89. The molecule has 3 heterocycles. The number of hydrogen-bond donors (Lipinski definition) is 1. The van der Waals surface area contributed by atoms with Gasteiger partial charge in [0.1, 0.15) is 6.10 Å². The second-order valence-electron chi connectivity index (χ2n) is 5.18. The van der Waals surface area contributed by atoms with Crippen molar-refractivity contribution < 1.29 is 9.47 Å². The molecule has 3 rings (SSSR count). The van der Waals surface area contributed by atoms with Crippen LogP contribution in [0.3, 0.4) is 0 Å². The van der Waals surface area contributed by atoms with E-state index in [0.29, 0.717) is 25.7 Å². The number of nitrogens with zero attached hydrogens (tertiary/aromatic N) is 3. The monoisotopic (exact) mass is 252 g/mol. The van der Waals surface area contributed by atoms with Crippen LogP contribution in [0.5, 0.6) is 0 Å². The Morgan fingerprint density at radius 3 is 2.83 bits per heavy atom. The average molecular weight is 252 g/mol. The van der Waals surface area contributed by atoms with Crippen LogP contribution in [0.2, 0.25) is 0 Å². The number of hydrogen-bond acceptors (Lipinski definition) is 5. The van der Waals surface area contributed by atoms with Crippen molar-refractivity contribution in [2.45, 2.75) is 32.5 Å². The molecule has 0 aromatic carbocycles. The lowest BCUT2D eigenvalue weighted by Gasteiger charge is -2.29. The lowest BCUT2D eigenvalue weighted by molar-refractivity contribution is -0.0949. The van der Waals surface area contributed by atoms with Crippen LogP contribution in [0.1, 0.15) is 37.6 Å². The molecule has 1 saturated heterocycles. The van der Waals surface area contributed by atoms with Crippen molar-refractivity contribution in [2.75, 3.05) is 26.4 Å². The molecule has 0 saturated carbocycles. The average Bonchev–Trinajstić information content (AvgIpc) is 2.83. The van der Waals surface area contributed by atoms with E-state index >= 15 is 0 Å². The molecule has 1 N–H and O–H groups in total. The van der Waals surface area contributed by atoms with Crippen LogP contribution in [0.25, 0.3) is 0 Å². The van der Waals surface area contributed by atoms with E-state index in [4.69, 9.17) is 9.47 Å². The largest absolute Gasteiger partial charge is 0.376 e. The highest BCUT2D eigenvalue weighted by Crippen LogP contribution is 2.27. The summed E-state index contributed by atoms with van der Waals surface area (Å²) in [5.74, 6) is 2.45. The molecule has 1 aromatic heterocycles. The topological polar surface area (TPSA) is 61.2 Å². The Hall–Kier alpha value is -0.980. The fourth-order valence-electron chi connectivity index (χ4n) is 2.62. The summed E-state index contributed by atoms with van der Waals surface area (Å²) >= 11 is 0. The molecule has 18 heavy (non-hydrogen) atoms. The molecule has 2 aliphatic rings. The number of fused-ring (bicyclic) bond motifs is 1. The SMILES string of the molecule is CC(C)C1NCCn2c(C3COCCO3)nnc21. The van der Waals surface area contributed by atoms with E-state index in [0.717, 1.165) is 24.7 Å². The maximum absolute atomic E-state index is 5.72. The highest BCUT2D eigenvalue weighted by molar-refractivity contribution is 5.07. The van der Waals surface area contributed by atoms with Crippen LogP contribution in [0.4, 0.5) is 0 Å². The van der Waals surface area contributed by atoms with Gasteiger partial charge in [-0.3, -0.25) is 0 Å². The summed E-state index contributed by atoms with van der Waals surface area (Å²) in [6.45, 7) is 8.14. The van der Waals surface area contributed by atoms with Crippen molar-refractivity contribution in [3.63, 3.8) is 0 Å². The highest BCUT2D eigenvalue weighted by Gasteiger charge is 2.31. The number of aromatic nitrogens is 3. The van der Waals surface area contributed by atoms with E-state index < -0.39 is 0 Å². The first-order chi connectivity index (χ1) is 8.77. The molecule has 6 heteroatoms. The minimum atomic E-state index is -0.0640. The molecule has 2 atom stereocenters. The molecule has 1 fully saturated rings. The summed E-state index contributed by atoms with van der Waals surface area (Å²) in [6.07, 6.45) is -0.0640. The first kappa shape index (κ1) is 12.1. The zero-order chi connectivity index (χ0) is 12.5. The Morgan fingerprint density at radius 2 is 2.11 bits per heavy atom. The molecule has 0 amide bonds. The standard InChI is InChI=1S/C12H20N4O2/c1-8(2)10-12-15-14-11(16(12)4-3-13-10)9-7-17-5-6-18-9/h8-10,13H,3-7H2,1-2H3. The first-order valence-corrected chi connectivity index (χ1v) is 6.63. The minimum Gasteiger partial charge on any atom is -0.376 e. The van der Waals surface area contributed by atoms with Gasteiger partial charge in [0.15, 0.2) is 11.6 Å². The van der Waals surface area contributed by atoms with E-state index in [1.54, 1.807) is 0 Å². The highest BCUT2D eigenvalue weighted by atomic mass is 16.6. The van der Waals surface area contributed by atoms with Crippen LogP contribution in [-0.4, -0.2) is 41.1 Å². The van der Waals surface area contributed by atoms with Gasteiger partial charge >= 0.3 is 0 Å². The molecular weight excluding hydrogens is 232 g/mol. The van der Waals surface area contributed by atoms with Crippen LogP contribution < -0.4 is 5.32 Å². The lowest BCUT2D eigenvalue weighted by Crippen LogP contribution is -2.37. The van der Waals surface area contributed by atoms with Crippen molar-refractivity contribution in [1.82, 2.24) is 20.1 Å². The van der Waals surface area contributed by atoms with Gasteiger partial charge in [0.05, 0.1) is 25.9 Å². The quantitative estimate of drug-likeness (QED) is 0.838. The summed E-state index contributed by atoms with van der Waals surface area (Å²) in [7, 11) is 0. The minimum absolute atomic E-state index is 0.0640. The number of ether oxygens (including phenoxy) is 2. The first-order valence-electron chi connectivity index (χ1n) is 6.63. The molecule has 6 nitrogen and oxygen atoms in total. The fraction of sp³-hybridized carbons (Fsp3) is 0.833. The third-order valence-corrected chi connectivity index (χ3v) is 3.56. The van der Waals surface area contributed by atoms with Crippen LogP contribution in [0.15, 0.2) is 0 Å². The maximum Gasteiger partial charge on any atom is 0.164 e. The second kappa shape index (κ2) is 4.95. The molecule has 2 unspecified atom stereocenters. The zero-order valence-corrected chi connectivity index (χ0v) is 10.9. The number of nitrogens with one attached hydrogen (secondary N) is 1. The molecule has 0 bridgehead atoms. The van der Waals surface area contributed by atoms with Gasteiger partial charge in [-0.25, -0.2) is 0 Å². The molecule has 2 aliphatic heterocycles. The van der Waals surface area contributed by atoms with E-state index in [2.05, 4.69) is 33.9 Å². The normalized spacial score (nSPS) is 28.4. The summed E-state index contributed by atoms with van der Waals surface area (Å²) in [5.41, 5.74) is 0. The second-order valence-corrected chi connectivity index (χ2v) is 5.18. The molecule has 0 spiro atoms. The molecule has 0 aliphatic carbocycles. The van der Waals surface area contributed by atoms with Crippen LogP contribution in [0, 0.1) is 5.92 Å². The van der Waals surface area contributed by atoms with Crippen molar-refractivity contribution in [2.24, 2.45) is 5.92 Å². The van der Waals surface area contributed by atoms with Gasteiger partial charge in [0.2, 0.25) is 0 Å². The van der Waals surface area contributed by atoms with E-state index in [-0.39, 0.29) is 12.1 Å². The molecule has 1 aromatic rings. The fourth-order valence-corrected chi connectivity index (χ4v) is 2.62. The van der Waals surface area contributed by atoms with Gasteiger partial charge in [-0.15, -0.1) is 10.2 Å². The Morgan fingerprint density at radius 1 is 1.28 bits per heavy atom. The predicted octanol–water partition coefficient (Wildman–Crippen LogP) is 0.666. The third kappa shape index (κ3) is 2.04. The van der Waals surface area contributed by atoms with Crippen molar-refractivity contribution >= 4 is 0 Å². The van der Waals surface area contributed by atoms with Gasteiger partial charge in [0.25, 0.3) is 0 Å². The van der Waals surface area contributed by atoms with Gasteiger partial charge in [0, 0.05) is 13.1 Å². The Kier molecular flexibility index (Phi) is 3.32. The molecule has 100 valence electrons. The van der Waals surface area contributed by atoms with Gasteiger partial charge < -0.3 is 19.4 Å². The summed E-state index contributed by atoms with van der Waals surface area (Å²) in [6, 6.07) is 0.282. The van der Waals surface area contributed by atoms with Gasteiger partial charge in [-0.2, -0.15) is 0 Å². The lowest BCUT2D eigenvalue weighted by atomic mass is 10.0. The van der Waals surface area contributed by atoms with E-state index in [9.17, 15) is 0 Å². The third-order valence-electron chi connectivity index (χ3n) is 3.56. The Labute approximate surface area is 107 Å². The zero-order valence-electron chi connectivity index (χ0n) is 10.9. The molecule has 0 radical (unpaired) electrons. The maximum atomic E-state index is 5.72. The predicted molar refractivity (Wildman–Crippen MR) is 65.1 cm³/mol. The Bertz CT molecular complexity index is 412. The smallest absolute Gasteiger partial charge is 0.164 e. The van der Waals surface area contributed by atoms with Crippen LogP contribution in [-0.2, 0) is 16.0 Å². The van der Waals surface area contributed by atoms with Crippen molar-refractivity contribution in [1.29, 1.82) is 0 Å². The van der Waals surface area contributed by atoms with Crippen LogP contribution >= 0.6 is 0 Å². The van der Waals surface area contributed by atoms with Gasteiger partial charge in [-0.1, -0.05) is 13.8 Å².